The van der Waals surface area contributed by atoms with Crippen LogP contribution in [0.3, 0.4) is 0 Å². The third-order valence-electron chi connectivity index (χ3n) is 9.38. The van der Waals surface area contributed by atoms with Gasteiger partial charge in [0.15, 0.2) is 0 Å². The van der Waals surface area contributed by atoms with Gasteiger partial charge in [0.1, 0.15) is 11.6 Å². The van der Waals surface area contributed by atoms with Crippen molar-refractivity contribution in [1.82, 2.24) is 5.48 Å². The average Bonchev–Trinajstić information content (AvgIpc) is 3.04. The molecule has 0 amide bonds. The molecule has 0 aliphatic rings. The second-order valence-corrected chi connectivity index (χ2v) is 14.0. The van der Waals surface area contributed by atoms with Crippen molar-refractivity contribution in [2.24, 2.45) is 5.92 Å². The molecule has 0 aliphatic heterocycles. The van der Waals surface area contributed by atoms with E-state index in [2.05, 4.69) is 13.8 Å². The third kappa shape index (κ3) is 39.4. The highest BCUT2D eigenvalue weighted by molar-refractivity contribution is 6.01. The molecule has 0 bridgehead atoms. The van der Waals surface area contributed by atoms with Crippen molar-refractivity contribution in [1.29, 1.82) is 0 Å². The van der Waals surface area contributed by atoms with Crippen LogP contribution < -0.4 is 5.48 Å². The fourth-order valence-electron chi connectivity index (χ4n) is 6.07. The number of nitrogens with one attached hydrogen (secondary N) is 1. The molecule has 270 valence electrons. The molecule has 4 nitrogen and oxygen atoms in total. The van der Waals surface area contributed by atoms with Gasteiger partial charge in [-0.25, -0.2) is 5.48 Å². The molecule has 0 aliphatic carbocycles. The van der Waals surface area contributed by atoms with Gasteiger partial charge in [0.2, 0.25) is 0 Å². The molecule has 0 aromatic rings. The van der Waals surface area contributed by atoms with Crippen LogP contribution >= 0.6 is 0 Å². The molecular formula is C41H83NO3. The predicted molar refractivity (Wildman–Crippen MR) is 198 cm³/mol. The van der Waals surface area contributed by atoms with E-state index in [4.69, 9.17) is 5.21 Å². The van der Waals surface area contributed by atoms with E-state index in [1.165, 1.54) is 167 Å². The van der Waals surface area contributed by atoms with Crippen molar-refractivity contribution in [2.75, 3.05) is 6.54 Å². The second kappa shape index (κ2) is 41.3. The van der Waals surface area contributed by atoms with E-state index in [9.17, 15) is 9.59 Å². The first kappa shape index (κ1) is 46.4. The van der Waals surface area contributed by atoms with Gasteiger partial charge in [-0.3, -0.25) is 9.59 Å². The van der Waals surface area contributed by atoms with Gasteiger partial charge in [-0.1, -0.05) is 201 Å². The molecule has 0 saturated heterocycles. The van der Waals surface area contributed by atoms with E-state index >= 15 is 0 Å². The fraction of sp³-hybridized carbons (Fsp3) is 0.951. The lowest BCUT2D eigenvalue weighted by Crippen LogP contribution is -2.20. The van der Waals surface area contributed by atoms with Crippen molar-refractivity contribution < 1.29 is 14.8 Å². The lowest BCUT2D eigenvalue weighted by Gasteiger charge is -2.10. The Morgan fingerprint density at radius 1 is 0.400 bits per heavy atom. The zero-order valence-electron chi connectivity index (χ0n) is 31.4. The van der Waals surface area contributed by atoms with E-state index in [-0.39, 0.29) is 17.5 Å². The van der Waals surface area contributed by atoms with Gasteiger partial charge in [-0.15, -0.1) is 0 Å². The predicted octanol–water partition coefficient (Wildman–Crippen LogP) is 13.7. The molecule has 0 rings (SSSR count). The number of hydrogen-bond donors (Lipinski definition) is 2. The van der Waals surface area contributed by atoms with Gasteiger partial charge in [0, 0.05) is 19.4 Å². The quantitative estimate of drug-likeness (QED) is 0.0407. The Balaban J connectivity index is 0. The largest absolute Gasteiger partial charge is 0.317 e. The molecule has 45 heavy (non-hydrogen) atoms. The van der Waals surface area contributed by atoms with Gasteiger partial charge in [-0.05, 0) is 26.2 Å². The highest BCUT2D eigenvalue weighted by Crippen LogP contribution is 2.17. The lowest BCUT2D eigenvalue weighted by atomic mass is 9.93. The number of ketones is 2. The number of hydrogen-bond acceptors (Lipinski definition) is 4. The van der Waals surface area contributed by atoms with Crippen molar-refractivity contribution in [3.63, 3.8) is 0 Å². The van der Waals surface area contributed by atoms with Crippen LogP contribution in [-0.2, 0) is 9.59 Å². The molecule has 0 aromatic carbocycles. The molecule has 0 spiro atoms. The number of hydroxylamine groups is 1. The molecule has 0 unspecified atom stereocenters. The van der Waals surface area contributed by atoms with Crippen LogP contribution in [0.25, 0.3) is 0 Å². The highest BCUT2D eigenvalue weighted by atomic mass is 16.5. The molecule has 0 aromatic heterocycles. The minimum absolute atomic E-state index is 0.181. The number of carbonyl (C=O) groups excluding carboxylic acids is 2. The van der Waals surface area contributed by atoms with E-state index in [0.717, 1.165) is 32.1 Å². The summed E-state index contributed by atoms with van der Waals surface area (Å²) in [5.74, 6) is -0.0143. The fourth-order valence-corrected chi connectivity index (χ4v) is 6.07. The first-order valence-electron chi connectivity index (χ1n) is 20.5. The maximum Gasteiger partial charge on any atom is 0.143 e. The van der Waals surface area contributed by atoms with Crippen LogP contribution in [0.5, 0.6) is 0 Å². The second-order valence-electron chi connectivity index (χ2n) is 14.0. The van der Waals surface area contributed by atoms with Crippen LogP contribution in [0.1, 0.15) is 240 Å². The molecule has 0 radical (unpaired) electrons. The van der Waals surface area contributed by atoms with Crippen LogP contribution in [0, 0.1) is 5.92 Å². The smallest absolute Gasteiger partial charge is 0.143 e. The van der Waals surface area contributed by atoms with Gasteiger partial charge < -0.3 is 5.21 Å². The van der Waals surface area contributed by atoms with E-state index < -0.39 is 0 Å². The molecular weight excluding hydrogens is 554 g/mol. The monoisotopic (exact) mass is 638 g/mol. The Hall–Kier alpha value is -0.740. The SMILES string of the molecule is CCCCCCCCCCCCCCCCCC(=O)C(C)C(=O)CCCCCCCCCCCCCCCCC.CCCNO. The Kier molecular flexibility index (Phi) is 42.5. The minimum atomic E-state index is -0.377. The van der Waals surface area contributed by atoms with E-state index in [1.54, 1.807) is 0 Å². The number of Topliss-reactive ketones (excluding diaryl/α,β-unsaturated/α-hetero) is 2. The summed E-state index contributed by atoms with van der Waals surface area (Å²) >= 11 is 0. The maximum atomic E-state index is 12.5. The standard InChI is InChI=1S/C38H74O2.C3H9NO/c1-4-6-8-10-12-14-16-18-20-22-24-26-28-30-32-34-37(39)36(3)38(40)35-33-31-29-27-25-23-21-19-17-15-13-11-9-7-5-2;1-2-3-4-5/h36H,4-35H2,1-3H3;4-5H,2-3H2,1H3. The molecule has 2 N–H and O–H groups in total. The van der Waals surface area contributed by atoms with Crippen molar-refractivity contribution in [2.45, 2.75) is 240 Å². The lowest BCUT2D eigenvalue weighted by molar-refractivity contribution is -0.132. The summed E-state index contributed by atoms with van der Waals surface area (Å²) in [5.41, 5.74) is 2.02. The highest BCUT2D eigenvalue weighted by Gasteiger charge is 2.20. The van der Waals surface area contributed by atoms with Gasteiger partial charge in [0.05, 0.1) is 5.92 Å². The van der Waals surface area contributed by atoms with Crippen LogP contribution in [0.2, 0.25) is 0 Å². The number of unbranched alkanes of at least 4 members (excludes halogenated alkanes) is 28. The molecule has 0 atom stereocenters. The van der Waals surface area contributed by atoms with Gasteiger partial charge in [0.25, 0.3) is 0 Å². The Bertz CT molecular complexity index is 531. The summed E-state index contributed by atoms with van der Waals surface area (Å²) in [7, 11) is 0. The Morgan fingerprint density at radius 3 is 0.800 bits per heavy atom. The zero-order valence-corrected chi connectivity index (χ0v) is 31.4. The van der Waals surface area contributed by atoms with Crippen LogP contribution in [0.4, 0.5) is 0 Å². The minimum Gasteiger partial charge on any atom is -0.317 e. The summed E-state index contributed by atoms with van der Waals surface area (Å²) < 4.78 is 0. The first-order chi connectivity index (χ1) is 22.0. The number of carbonyl (C=O) groups is 2. The molecule has 0 heterocycles. The van der Waals surface area contributed by atoms with E-state index in [0.29, 0.717) is 19.4 Å². The van der Waals surface area contributed by atoms with Crippen molar-refractivity contribution in [3.8, 4) is 0 Å². The van der Waals surface area contributed by atoms with Crippen molar-refractivity contribution >= 4 is 11.6 Å². The topological polar surface area (TPSA) is 66.4 Å². The summed E-state index contributed by atoms with van der Waals surface area (Å²) in [6, 6.07) is 0. The van der Waals surface area contributed by atoms with Crippen LogP contribution in [0.15, 0.2) is 0 Å². The van der Waals surface area contributed by atoms with Gasteiger partial charge >= 0.3 is 0 Å². The number of rotatable bonds is 36. The maximum absolute atomic E-state index is 12.5. The summed E-state index contributed by atoms with van der Waals surface area (Å²) in [4.78, 5) is 24.9. The Morgan fingerprint density at radius 2 is 0.622 bits per heavy atom. The summed E-state index contributed by atoms with van der Waals surface area (Å²) in [6.07, 6.45) is 42.3. The van der Waals surface area contributed by atoms with Crippen molar-refractivity contribution in [3.05, 3.63) is 0 Å². The average molecular weight is 638 g/mol. The molecule has 0 fully saturated rings. The third-order valence-corrected chi connectivity index (χ3v) is 9.38. The van der Waals surface area contributed by atoms with Gasteiger partial charge in [-0.2, -0.15) is 0 Å². The Labute approximate surface area is 283 Å². The van der Waals surface area contributed by atoms with Crippen LogP contribution in [-0.4, -0.2) is 23.3 Å². The van der Waals surface area contributed by atoms with E-state index in [1.807, 2.05) is 19.3 Å². The molecule has 4 heteroatoms. The molecule has 0 saturated carbocycles. The normalized spacial score (nSPS) is 11.2. The first-order valence-corrected chi connectivity index (χ1v) is 20.5. The summed E-state index contributed by atoms with van der Waals surface area (Å²) in [5, 5.41) is 7.82. The summed E-state index contributed by atoms with van der Waals surface area (Å²) in [6.45, 7) is 9.10. The zero-order chi connectivity index (χ0) is 33.5.